The molecule has 26 heavy (non-hydrogen) atoms. The highest BCUT2D eigenvalue weighted by Crippen LogP contribution is 2.22. The molecular weight excluding hydrogens is 324 g/mol. The van der Waals surface area contributed by atoms with Crippen molar-refractivity contribution in [2.45, 2.75) is 26.2 Å². The summed E-state index contributed by atoms with van der Waals surface area (Å²) in [4.78, 5) is 13.4. The van der Waals surface area contributed by atoms with Crippen molar-refractivity contribution < 1.29 is 0 Å². The van der Waals surface area contributed by atoms with Gasteiger partial charge in [-0.1, -0.05) is 19.8 Å². The van der Waals surface area contributed by atoms with Crippen molar-refractivity contribution in [3.05, 3.63) is 36.7 Å². The van der Waals surface area contributed by atoms with Gasteiger partial charge in [0.25, 0.3) is 0 Å². The lowest BCUT2D eigenvalue weighted by molar-refractivity contribution is 0.313. The largest absolute Gasteiger partial charge is 0.370 e. The fourth-order valence-corrected chi connectivity index (χ4v) is 3.08. The van der Waals surface area contributed by atoms with Crippen molar-refractivity contribution in [3.63, 3.8) is 0 Å². The maximum atomic E-state index is 4.32. The Morgan fingerprint density at radius 2 is 1.69 bits per heavy atom. The van der Waals surface area contributed by atoms with Crippen LogP contribution in [0.1, 0.15) is 26.2 Å². The average molecular weight is 355 g/mol. The van der Waals surface area contributed by atoms with Crippen LogP contribution in [0.4, 0.5) is 23.0 Å². The van der Waals surface area contributed by atoms with Gasteiger partial charge in [0, 0.05) is 50.2 Å². The van der Waals surface area contributed by atoms with Gasteiger partial charge in [0.05, 0.1) is 0 Å². The molecule has 3 rings (SSSR count). The van der Waals surface area contributed by atoms with Gasteiger partial charge in [-0.05, 0) is 37.7 Å². The van der Waals surface area contributed by atoms with Crippen molar-refractivity contribution in [2.75, 3.05) is 55.3 Å². The number of piperazine rings is 1. The summed E-state index contributed by atoms with van der Waals surface area (Å²) in [6.07, 6.45) is 5.23. The van der Waals surface area contributed by atoms with Crippen LogP contribution in [0.3, 0.4) is 0 Å². The number of hydrogen-bond donors (Lipinski definition) is 2. The fourth-order valence-electron chi connectivity index (χ4n) is 3.08. The van der Waals surface area contributed by atoms with E-state index < -0.39 is 0 Å². The zero-order valence-corrected chi connectivity index (χ0v) is 15.9. The van der Waals surface area contributed by atoms with Gasteiger partial charge in [0.1, 0.15) is 18.0 Å². The Morgan fingerprint density at radius 1 is 0.962 bits per heavy atom. The minimum atomic E-state index is 0.810. The quantitative estimate of drug-likeness (QED) is 0.707. The van der Waals surface area contributed by atoms with Gasteiger partial charge in [-0.25, -0.2) is 9.97 Å². The molecule has 1 aromatic carbocycles. The molecule has 0 amide bonds. The molecule has 1 aliphatic heterocycles. The summed E-state index contributed by atoms with van der Waals surface area (Å²) in [5.41, 5.74) is 2.32. The molecule has 1 aromatic heterocycles. The van der Waals surface area contributed by atoms with Crippen molar-refractivity contribution in [1.29, 1.82) is 0 Å². The van der Waals surface area contributed by atoms with Crippen LogP contribution in [0.15, 0.2) is 36.7 Å². The molecule has 0 saturated carbocycles. The molecule has 140 valence electrons. The van der Waals surface area contributed by atoms with Crippen molar-refractivity contribution in [1.82, 2.24) is 14.9 Å². The highest BCUT2D eigenvalue weighted by atomic mass is 15.2. The lowest BCUT2D eigenvalue weighted by Gasteiger charge is -2.34. The summed E-state index contributed by atoms with van der Waals surface area (Å²) in [6.45, 7) is 7.57. The van der Waals surface area contributed by atoms with E-state index in [9.17, 15) is 0 Å². The maximum Gasteiger partial charge on any atom is 0.135 e. The zero-order valence-electron chi connectivity index (χ0n) is 15.9. The molecule has 2 heterocycles. The Bertz CT molecular complexity index is 664. The molecule has 1 fully saturated rings. The summed E-state index contributed by atoms with van der Waals surface area (Å²) >= 11 is 0. The first-order valence-electron chi connectivity index (χ1n) is 9.61. The van der Waals surface area contributed by atoms with Gasteiger partial charge in [-0.3, -0.25) is 0 Å². The highest BCUT2D eigenvalue weighted by molar-refractivity contribution is 5.62. The Morgan fingerprint density at radius 3 is 2.42 bits per heavy atom. The molecule has 2 N–H and O–H groups in total. The summed E-state index contributed by atoms with van der Waals surface area (Å²) in [7, 11) is 2.18. The summed E-state index contributed by atoms with van der Waals surface area (Å²) in [5.74, 6) is 1.68. The zero-order chi connectivity index (χ0) is 18.2. The molecule has 0 bridgehead atoms. The molecule has 0 radical (unpaired) electrons. The van der Waals surface area contributed by atoms with Crippen LogP contribution in [0.5, 0.6) is 0 Å². The number of benzene rings is 1. The maximum absolute atomic E-state index is 4.32. The summed E-state index contributed by atoms with van der Waals surface area (Å²) < 4.78 is 0. The SMILES string of the molecule is CCCCCNc1cc(Nc2ccc(N3CCN(C)CC3)cc2)ncn1. The van der Waals surface area contributed by atoms with E-state index in [0.29, 0.717) is 0 Å². The summed E-state index contributed by atoms with van der Waals surface area (Å²) in [5, 5.41) is 6.72. The molecule has 0 atom stereocenters. The first-order chi connectivity index (χ1) is 12.7. The normalized spacial score (nSPS) is 15.1. The standard InChI is InChI=1S/C20H30N6/c1-3-4-5-10-21-19-15-20(23-16-22-19)24-17-6-8-18(9-7-17)26-13-11-25(2)12-14-26/h6-9,15-16H,3-5,10-14H2,1-2H3,(H2,21,22,23,24). The predicted molar refractivity (Wildman–Crippen MR) is 109 cm³/mol. The number of likely N-dealkylation sites (N-methyl/N-ethyl adjacent to an activating group) is 1. The molecule has 0 unspecified atom stereocenters. The average Bonchev–Trinajstić information content (AvgIpc) is 2.67. The Balaban J connectivity index is 1.55. The first kappa shape index (κ1) is 18.5. The number of aromatic nitrogens is 2. The second-order valence-electron chi connectivity index (χ2n) is 6.88. The number of nitrogens with one attached hydrogen (secondary N) is 2. The molecule has 2 aromatic rings. The third kappa shape index (κ3) is 5.33. The molecule has 1 saturated heterocycles. The Labute approximate surface area is 156 Å². The van der Waals surface area contributed by atoms with Crippen LogP contribution in [-0.2, 0) is 0 Å². The van der Waals surface area contributed by atoms with Crippen molar-refractivity contribution in [3.8, 4) is 0 Å². The fraction of sp³-hybridized carbons (Fsp3) is 0.500. The minimum absolute atomic E-state index is 0.810. The van der Waals surface area contributed by atoms with E-state index in [0.717, 1.165) is 56.5 Å². The van der Waals surface area contributed by atoms with Crippen LogP contribution < -0.4 is 15.5 Å². The molecule has 0 aliphatic carbocycles. The van der Waals surface area contributed by atoms with Crippen LogP contribution in [0.25, 0.3) is 0 Å². The number of hydrogen-bond acceptors (Lipinski definition) is 6. The molecule has 6 heteroatoms. The van der Waals surface area contributed by atoms with Gasteiger partial charge in [-0.2, -0.15) is 0 Å². The first-order valence-corrected chi connectivity index (χ1v) is 9.61. The smallest absolute Gasteiger partial charge is 0.135 e. The van der Waals surface area contributed by atoms with E-state index in [1.807, 2.05) is 6.07 Å². The minimum Gasteiger partial charge on any atom is -0.370 e. The van der Waals surface area contributed by atoms with Crippen LogP contribution in [0.2, 0.25) is 0 Å². The topological polar surface area (TPSA) is 56.3 Å². The molecular formula is C20H30N6. The van der Waals surface area contributed by atoms with Crippen LogP contribution in [0, 0.1) is 0 Å². The van der Waals surface area contributed by atoms with E-state index >= 15 is 0 Å². The van der Waals surface area contributed by atoms with E-state index in [2.05, 4.69) is 68.6 Å². The lowest BCUT2D eigenvalue weighted by atomic mass is 10.2. The lowest BCUT2D eigenvalue weighted by Crippen LogP contribution is -2.44. The van der Waals surface area contributed by atoms with Crippen LogP contribution in [-0.4, -0.2) is 54.6 Å². The second kappa shape index (κ2) is 9.38. The van der Waals surface area contributed by atoms with Gasteiger partial charge in [0.15, 0.2) is 0 Å². The van der Waals surface area contributed by atoms with Gasteiger partial charge >= 0.3 is 0 Å². The van der Waals surface area contributed by atoms with E-state index in [-0.39, 0.29) is 0 Å². The second-order valence-corrected chi connectivity index (χ2v) is 6.88. The van der Waals surface area contributed by atoms with Crippen molar-refractivity contribution in [2.24, 2.45) is 0 Å². The van der Waals surface area contributed by atoms with E-state index in [4.69, 9.17) is 0 Å². The third-order valence-electron chi connectivity index (χ3n) is 4.76. The Kier molecular flexibility index (Phi) is 6.66. The number of anilines is 4. The van der Waals surface area contributed by atoms with Crippen molar-refractivity contribution >= 4 is 23.0 Å². The number of nitrogens with zero attached hydrogens (tertiary/aromatic N) is 4. The van der Waals surface area contributed by atoms with E-state index in [1.54, 1.807) is 6.33 Å². The van der Waals surface area contributed by atoms with E-state index in [1.165, 1.54) is 18.5 Å². The number of rotatable bonds is 8. The van der Waals surface area contributed by atoms with Gasteiger partial charge in [-0.15, -0.1) is 0 Å². The summed E-state index contributed by atoms with van der Waals surface area (Å²) in [6, 6.07) is 10.5. The van der Waals surface area contributed by atoms with Gasteiger partial charge < -0.3 is 20.4 Å². The molecule has 1 aliphatic rings. The Hall–Kier alpha value is -2.34. The highest BCUT2D eigenvalue weighted by Gasteiger charge is 2.13. The monoisotopic (exact) mass is 354 g/mol. The molecule has 0 spiro atoms. The third-order valence-corrected chi connectivity index (χ3v) is 4.76. The van der Waals surface area contributed by atoms with Gasteiger partial charge in [0.2, 0.25) is 0 Å². The number of unbranched alkanes of at least 4 members (excludes halogenated alkanes) is 2. The predicted octanol–water partition coefficient (Wildman–Crippen LogP) is 3.57. The molecule has 6 nitrogen and oxygen atoms in total. The van der Waals surface area contributed by atoms with Crippen LogP contribution >= 0.6 is 0 Å².